The van der Waals surface area contributed by atoms with Gasteiger partial charge in [-0.3, -0.25) is 0 Å². The van der Waals surface area contributed by atoms with E-state index in [4.69, 9.17) is 9.47 Å². The molecule has 0 aliphatic heterocycles. The van der Waals surface area contributed by atoms with E-state index < -0.39 is 6.29 Å². The van der Waals surface area contributed by atoms with Crippen LogP contribution in [0, 0.1) is 35.5 Å². The van der Waals surface area contributed by atoms with Gasteiger partial charge < -0.3 is 14.6 Å². The summed E-state index contributed by atoms with van der Waals surface area (Å²) in [6, 6.07) is 0. The van der Waals surface area contributed by atoms with Crippen molar-refractivity contribution in [1.29, 1.82) is 0 Å². The lowest BCUT2D eigenvalue weighted by Gasteiger charge is -2.42. The predicted octanol–water partition coefficient (Wildman–Crippen LogP) is 7.27. The van der Waals surface area contributed by atoms with E-state index in [9.17, 15) is 5.11 Å². The van der Waals surface area contributed by atoms with Crippen LogP contribution in [0.25, 0.3) is 0 Å². The maximum Gasteiger partial charge on any atom is 0.157 e. The fourth-order valence-corrected chi connectivity index (χ4v) is 7.72. The molecule has 1 N–H and O–H groups in total. The van der Waals surface area contributed by atoms with Crippen LogP contribution in [0.2, 0.25) is 0 Å². The first-order chi connectivity index (χ1) is 15.7. The van der Waals surface area contributed by atoms with E-state index in [0.717, 1.165) is 74.7 Å². The molecule has 4 aliphatic rings. The first-order valence-corrected chi connectivity index (χ1v) is 14.2. The van der Waals surface area contributed by atoms with Crippen LogP contribution in [0.3, 0.4) is 0 Å². The van der Waals surface area contributed by atoms with E-state index >= 15 is 0 Å². The summed E-state index contributed by atoms with van der Waals surface area (Å²) in [5, 5.41) is 10.7. The Bertz CT molecular complexity index is 531. The number of aliphatic hydroxyl groups is 1. The number of allylic oxidation sites excluding steroid dienone is 1. The second-order valence-corrected chi connectivity index (χ2v) is 11.6. The monoisotopic (exact) mass is 446 g/mol. The average molecular weight is 447 g/mol. The summed E-state index contributed by atoms with van der Waals surface area (Å²) in [5.74, 6) is 5.00. The number of hydrogen-bond acceptors (Lipinski definition) is 3. The summed E-state index contributed by atoms with van der Waals surface area (Å²) < 4.78 is 11.9. The zero-order chi connectivity index (χ0) is 22.3. The predicted molar refractivity (Wildman–Crippen MR) is 131 cm³/mol. The minimum Gasteiger partial charge on any atom is -0.379 e. The van der Waals surface area contributed by atoms with Crippen molar-refractivity contribution in [2.45, 2.75) is 128 Å². The van der Waals surface area contributed by atoms with Gasteiger partial charge >= 0.3 is 0 Å². The Balaban J connectivity index is 1.12. The van der Waals surface area contributed by atoms with Gasteiger partial charge in [0.15, 0.2) is 6.29 Å². The highest BCUT2D eigenvalue weighted by molar-refractivity contribution is 4.89. The lowest BCUT2D eigenvalue weighted by molar-refractivity contribution is -0.184. The number of hydrogen-bond donors (Lipinski definition) is 1. The summed E-state index contributed by atoms with van der Waals surface area (Å²) >= 11 is 0. The summed E-state index contributed by atoms with van der Waals surface area (Å²) in [7, 11) is 0. The van der Waals surface area contributed by atoms with Gasteiger partial charge in [0, 0.05) is 12.5 Å². The molecule has 0 aromatic rings. The van der Waals surface area contributed by atoms with Crippen molar-refractivity contribution >= 4 is 0 Å². The molecule has 4 rings (SSSR count). The quantitative estimate of drug-likeness (QED) is 0.315. The van der Waals surface area contributed by atoms with Crippen molar-refractivity contribution in [3.8, 4) is 0 Å². The number of ether oxygens (including phenoxy) is 2. The standard InChI is InChI=1S/C29H50O3/c1-3-21-5-7-22(8-6-21)23-9-11-24(12-10-23)25-13-15-26(16-14-25)29(30)32-28-19-17-27(18-20-28)31-4-2/h3,21-30H,1,4-20H2,2H3. The molecule has 4 aliphatic carbocycles. The van der Waals surface area contributed by atoms with Gasteiger partial charge in [-0.25, -0.2) is 0 Å². The van der Waals surface area contributed by atoms with E-state index in [0.29, 0.717) is 12.0 Å². The van der Waals surface area contributed by atoms with Gasteiger partial charge in [0.25, 0.3) is 0 Å². The van der Waals surface area contributed by atoms with Crippen LogP contribution in [0.1, 0.15) is 110 Å². The molecular formula is C29H50O3. The Morgan fingerprint density at radius 2 is 1.12 bits per heavy atom. The smallest absolute Gasteiger partial charge is 0.157 e. The van der Waals surface area contributed by atoms with Gasteiger partial charge in [-0.1, -0.05) is 6.08 Å². The van der Waals surface area contributed by atoms with E-state index in [1.54, 1.807) is 0 Å². The fourth-order valence-electron chi connectivity index (χ4n) is 7.72. The van der Waals surface area contributed by atoms with Crippen molar-refractivity contribution in [2.75, 3.05) is 6.61 Å². The zero-order valence-corrected chi connectivity index (χ0v) is 20.8. The molecule has 1 unspecified atom stereocenters. The summed E-state index contributed by atoms with van der Waals surface area (Å²) in [6.45, 7) is 6.89. The molecule has 0 aromatic carbocycles. The van der Waals surface area contributed by atoms with Crippen LogP contribution < -0.4 is 0 Å². The van der Waals surface area contributed by atoms with Crippen LogP contribution in [0.4, 0.5) is 0 Å². The van der Waals surface area contributed by atoms with E-state index in [1.165, 1.54) is 64.2 Å². The highest BCUT2D eigenvalue weighted by Crippen LogP contribution is 2.46. The van der Waals surface area contributed by atoms with E-state index in [-0.39, 0.29) is 6.10 Å². The van der Waals surface area contributed by atoms with Crippen LogP contribution in [-0.4, -0.2) is 30.2 Å². The normalized spacial score (nSPS) is 42.3. The summed E-state index contributed by atoms with van der Waals surface area (Å²) in [5.41, 5.74) is 0. The first-order valence-electron chi connectivity index (χ1n) is 14.2. The van der Waals surface area contributed by atoms with Crippen molar-refractivity contribution < 1.29 is 14.6 Å². The number of rotatable bonds is 8. The molecule has 0 bridgehead atoms. The van der Waals surface area contributed by atoms with Crippen LogP contribution in [0.15, 0.2) is 12.7 Å². The minimum absolute atomic E-state index is 0.233. The molecule has 32 heavy (non-hydrogen) atoms. The average Bonchev–Trinajstić information content (AvgIpc) is 2.86. The lowest BCUT2D eigenvalue weighted by Crippen LogP contribution is -2.36. The SMILES string of the molecule is C=CC1CCC(C2CCC(C3CCC(C(O)OC4CCC(OCC)CC4)CC3)CC2)CC1. The molecular weight excluding hydrogens is 396 g/mol. The Morgan fingerprint density at radius 1 is 0.688 bits per heavy atom. The van der Waals surface area contributed by atoms with Gasteiger partial charge in [-0.05, 0) is 139 Å². The minimum atomic E-state index is -0.550. The third-order valence-electron chi connectivity index (χ3n) is 9.87. The third-order valence-corrected chi connectivity index (χ3v) is 9.87. The third kappa shape index (κ3) is 6.60. The van der Waals surface area contributed by atoms with Crippen LogP contribution in [0.5, 0.6) is 0 Å². The fraction of sp³-hybridized carbons (Fsp3) is 0.931. The molecule has 0 radical (unpaired) electrons. The molecule has 0 amide bonds. The van der Waals surface area contributed by atoms with Gasteiger partial charge in [0.1, 0.15) is 0 Å². The molecule has 4 saturated carbocycles. The highest BCUT2D eigenvalue weighted by Gasteiger charge is 2.36. The second kappa shape index (κ2) is 12.4. The first kappa shape index (κ1) is 24.7. The van der Waals surface area contributed by atoms with Gasteiger partial charge in [0.05, 0.1) is 12.2 Å². The van der Waals surface area contributed by atoms with Crippen molar-refractivity contribution in [2.24, 2.45) is 35.5 Å². The number of aliphatic hydroxyl groups excluding tert-OH is 1. The maximum absolute atomic E-state index is 10.7. The topological polar surface area (TPSA) is 38.7 Å². The van der Waals surface area contributed by atoms with E-state index in [2.05, 4.69) is 19.6 Å². The lowest BCUT2D eigenvalue weighted by atomic mass is 9.65. The second-order valence-electron chi connectivity index (χ2n) is 11.6. The van der Waals surface area contributed by atoms with Crippen LogP contribution in [-0.2, 0) is 9.47 Å². The molecule has 0 aromatic heterocycles. The maximum atomic E-state index is 10.7. The Kier molecular flexibility index (Phi) is 9.55. The molecule has 3 heteroatoms. The molecule has 1 atom stereocenters. The van der Waals surface area contributed by atoms with Gasteiger partial charge in [0.2, 0.25) is 0 Å². The van der Waals surface area contributed by atoms with Gasteiger partial charge in [-0.15, -0.1) is 6.58 Å². The zero-order valence-electron chi connectivity index (χ0n) is 20.8. The Morgan fingerprint density at radius 3 is 1.59 bits per heavy atom. The van der Waals surface area contributed by atoms with Crippen molar-refractivity contribution in [3.05, 3.63) is 12.7 Å². The molecule has 184 valence electrons. The Labute approximate surface area is 197 Å². The highest BCUT2D eigenvalue weighted by atomic mass is 16.6. The van der Waals surface area contributed by atoms with Gasteiger partial charge in [-0.2, -0.15) is 0 Å². The summed E-state index contributed by atoms with van der Waals surface area (Å²) in [4.78, 5) is 0. The Hall–Kier alpha value is -0.380. The van der Waals surface area contributed by atoms with Crippen molar-refractivity contribution in [3.63, 3.8) is 0 Å². The summed E-state index contributed by atoms with van der Waals surface area (Å²) in [6.07, 6.45) is 23.0. The van der Waals surface area contributed by atoms with E-state index in [1.807, 2.05) is 0 Å². The van der Waals surface area contributed by atoms with Crippen molar-refractivity contribution in [1.82, 2.24) is 0 Å². The molecule has 0 spiro atoms. The van der Waals surface area contributed by atoms with Crippen LogP contribution >= 0.6 is 0 Å². The molecule has 0 saturated heterocycles. The molecule has 0 heterocycles. The largest absolute Gasteiger partial charge is 0.379 e. The molecule has 3 nitrogen and oxygen atoms in total. The molecule has 4 fully saturated rings.